The number of carbonyl (C=O) groups excluding carboxylic acids is 1. The molecule has 0 bridgehead atoms. The third-order valence-electron chi connectivity index (χ3n) is 3.74. The summed E-state index contributed by atoms with van der Waals surface area (Å²) in [7, 11) is 0. The van der Waals surface area contributed by atoms with E-state index in [1.165, 1.54) is 57.8 Å². The van der Waals surface area contributed by atoms with E-state index in [1.807, 2.05) is 0 Å². The first-order valence-corrected chi connectivity index (χ1v) is 8.79. The Hall–Kier alpha value is -0.670. The maximum atomic E-state index is 10.9. The van der Waals surface area contributed by atoms with E-state index in [-0.39, 0.29) is 12.4 Å². The highest BCUT2D eigenvalue weighted by atomic mass is 16.3. The van der Waals surface area contributed by atoms with Gasteiger partial charge in [-0.1, -0.05) is 50.7 Å². The van der Waals surface area contributed by atoms with Crippen molar-refractivity contribution < 1.29 is 9.90 Å². The van der Waals surface area contributed by atoms with Gasteiger partial charge in [0.05, 0.1) is 0 Å². The van der Waals surface area contributed by atoms with Crippen LogP contribution < -0.4 is 5.73 Å². The molecule has 0 aromatic heterocycles. The number of ketones is 1. The SMILES string of the molecule is NCCCCCCCCC=CCCCCCCC(=O)CO. The molecule has 0 rings (SSSR count). The smallest absolute Gasteiger partial charge is 0.158 e. The molecule has 0 fully saturated rings. The quantitative estimate of drug-likeness (QED) is 0.332. The molecule has 3 heteroatoms. The topological polar surface area (TPSA) is 63.3 Å². The molecular weight excluding hydrogens is 262 g/mol. The van der Waals surface area contributed by atoms with Gasteiger partial charge < -0.3 is 10.8 Å². The van der Waals surface area contributed by atoms with E-state index in [4.69, 9.17) is 10.8 Å². The number of hydrogen-bond acceptors (Lipinski definition) is 3. The van der Waals surface area contributed by atoms with Gasteiger partial charge in [-0.05, 0) is 45.1 Å². The minimum absolute atomic E-state index is 0.0297. The van der Waals surface area contributed by atoms with Crippen LogP contribution in [0.3, 0.4) is 0 Å². The van der Waals surface area contributed by atoms with E-state index >= 15 is 0 Å². The number of Topliss-reactive ketones (excluding diaryl/α,β-unsaturated/α-hetero) is 1. The van der Waals surface area contributed by atoms with Crippen LogP contribution >= 0.6 is 0 Å². The zero-order valence-electron chi connectivity index (χ0n) is 13.7. The lowest BCUT2D eigenvalue weighted by Gasteiger charge is -1.99. The van der Waals surface area contributed by atoms with Crippen LogP contribution in [-0.2, 0) is 4.79 Å². The van der Waals surface area contributed by atoms with Gasteiger partial charge in [0.15, 0.2) is 5.78 Å². The van der Waals surface area contributed by atoms with Crippen molar-refractivity contribution in [2.75, 3.05) is 13.2 Å². The van der Waals surface area contributed by atoms with Crippen LogP contribution in [0.25, 0.3) is 0 Å². The van der Waals surface area contributed by atoms with Crippen molar-refractivity contribution >= 4 is 5.78 Å². The van der Waals surface area contributed by atoms with Crippen molar-refractivity contribution in [3.8, 4) is 0 Å². The summed E-state index contributed by atoms with van der Waals surface area (Å²) in [6.07, 6.45) is 19.7. The van der Waals surface area contributed by atoms with Gasteiger partial charge in [-0.25, -0.2) is 0 Å². The Bertz CT molecular complexity index is 252. The number of aliphatic hydroxyl groups excluding tert-OH is 1. The molecule has 0 aliphatic heterocycles. The van der Waals surface area contributed by atoms with Gasteiger partial charge in [0.2, 0.25) is 0 Å². The third kappa shape index (κ3) is 17.3. The molecule has 0 aliphatic rings. The molecule has 0 atom stereocenters. The first-order chi connectivity index (χ1) is 10.3. The van der Waals surface area contributed by atoms with Gasteiger partial charge in [-0.15, -0.1) is 0 Å². The summed E-state index contributed by atoms with van der Waals surface area (Å²) >= 11 is 0. The molecule has 0 heterocycles. The summed E-state index contributed by atoms with van der Waals surface area (Å²) in [6.45, 7) is 0.538. The van der Waals surface area contributed by atoms with Crippen LogP contribution in [-0.4, -0.2) is 24.0 Å². The molecule has 0 aromatic rings. The molecule has 0 amide bonds. The van der Waals surface area contributed by atoms with Gasteiger partial charge in [-0.2, -0.15) is 0 Å². The van der Waals surface area contributed by atoms with Crippen molar-refractivity contribution in [1.82, 2.24) is 0 Å². The molecule has 0 unspecified atom stereocenters. The van der Waals surface area contributed by atoms with Crippen LogP contribution in [0.1, 0.15) is 83.5 Å². The minimum Gasteiger partial charge on any atom is -0.389 e. The highest BCUT2D eigenvalue weighted by Gasteiger charge is 1.97. The fraction of sp³-hybridized carbons (Fsp3) is 0.833. The van der Waals surface area contributed by atoms with E-state index in [1.54, 1.807) is 0 Å². The van der Waals surface area contributed by atoms with Crippen LogP contribution in [0, 0.1) is 0 Å². The van der Waals surface area contributed by atoms with Crippen molar-refractivity contribution in [3.63, 3.8) is 0 Å². The number of nitrogens with two attached hydrogens (primary N) is 1. The van der Waals surface area contributed by atoms with Gasteiger partial charge >= 0.3 is 0 Å². The number of allylic oxidation sites excluding steroid dienone is 2. The fourth-order valence-electron chi connectivity index (χ4n) is 2.37. The number of carbonyl (C=O) groups is 1. The fourth-order valence-corrected chi connectivity index (χ4v) is 2.37. The van der Waals surface area contributed by atoms with Crippen molar-refractivity contribution in [3.05, 3.63) is 12.2 Å². The van der Waals surface area contributed by atoms with E-state index in [0.29, 0.717) is 6.42 Å². The second-order valence-corrected chi connectivity index (χ2v) is 5.82. The predicted octanol–water partition coefficient (Wildman–Crippen LogP) is 4.13. The summed E-state index contributed by atoms with van der Waals surface area (Å²) in [6, 6.07) is 0. The third-order valence-corrected chi connectivity index (χ3v) is 3.74. The Morgan fingerprint density at radius 1 is 0.762 bits per heavy atom. The number of unbranched alkanes of at least 4 members (excludes halogenated alkanes) is 10. The van der Waals surface area contributed by atoms with Gasteiger partial charge in [0.25, 0.3) is 0 Å². The predicted molar refractivity (Wildman–Crippen MR) is 90.3 cm³/mol. The molecule has 0 saturated heterocycles. The van der Waals surface area contributed by atoms with Crippen LogP contribution in [0.15, 0.2) is 12.2 Å². The van der Waals surface area contributed by atoms with Crippen molar-refractivity contribution in [1.29, 1.82) is 0 Å². The first kappa shape index (κ1) is 20.3. The standard InChI is InChI=1S/C18H35NO2/c19-16-14-12-10-8-6-4-2-1-3-5-7-9-11-13-15-18(21)17-20/h1,3,20H,2,4-17,19H2. The molecule has 0 spiro atoms. The summed E-state index contributed by atoms with van der Waals surface area (Å²) in [5.74, 6) is -0.0297. The van der Waals surface area contributed by atoms with Gasteiger partial charge in [0.1, 0.15) is 6.61 Å². The normalized spacial score (nSPS) is 11.3. The van der Waals surface area contributed by atoms with E-state index in [9.17, 15) is 4.79 Å². The number of aliphatic hydroxyl groups is 1. The Labute approximate surface area is 131 Å². The number of hydrogen-bond donors (Lipinski definition) is 2. The van der Waals surface area contributed by atoms with Gasteiger partial charge in [0, 0.05) is 6.42 Å². The lowest BCUT2D eigenvalue weighted by Crippen LogP contribution is -2.02. The lowest BCUT2D eigenvalue weighted by molar-refractivity contribution is -0.121. The van der Waals surface area contributed by atoms with E-state index in [0.717, 1.165) is 25.8 Å². The summed E-state index contributed by atoms with van der Waals surface area (Å²) < 4.78 is 0. The Morgan fingerprint density at radius 3 is 1.76 bits per heavy atom. The van der Waals surface area contributed by atoms with Gasteiger partial charge in [-0.3, -0.25) is 4.79 Å². The average Bonchev–Trinajstić information content (AvgIpc) is 2.50. The summed E-state index contributed by atoms with van der Waals surface area (Å²) in [4.78, 5) is 10.9. The van der Waals surface area contributed by atoms with Crippen LogP contribution in [0.4, 0.5) is 0 Å². The summed E-state index contributed by atoms with van der Waals surface area (Å²) in [5.41, 5.74) is 5.46. The van der Waals surface area contributed by atoms with E-state index < -0.39 is 0 Å². The molecule has 3 nitrogen and oxygen atoms in total. The molecule has 0 radical (unpaired) electrons. The van der Waals surface area contributed by atoms with Crippen molar-refractivity contribution in [2.24, 2.45) is 5.73 Å². The maximum Gasteiger partial charge on any atom is 0.158 e. The Morgan fingerprint density at radius 2 is 1.24 bits per heavy atom. The molecule has 124 valence electrons. The van der Waals surface area contributed by atoms with Crippen LogP contribution in [0.2, 0.25) is 0 Å². The van der Waals surface area contributed by atoms with E-state index in [2.05, 4.69) is 12.2 Å². The Balaban J connectivity index is 3.10. The second-order valence-electron chi connectivity index (χ2n) is 5.82. The first-order valence-electron chi connectivity index (χ1n) is 8.79. The monoisotopic (exact) mass is 297 g/mol. The molecule has 0 aromatic carbocycles. The second kappa shape index (κ2) is 17.4. The number of rotatable bonds is 16. The zero-order valence-corrected chi connectivity index (χ0v) is 13.7. The molecule has 0 aliphatic carbocycles. The summed E-state index contributed by atoms with van der Waals surface area (Å²) in [5, 5.41) is 8.59. The molecular formula is C18H35NO2. The Kier molecular flexibility index (Phi) is 16.8. The minimum atomic E-state index is -0.296. The highest BCUT2D eigenvalue weighted by Crippen LogP contribution is 2.09. The maximum absolute atomic E-state index is 10.9. The lowest BCUT2D eigenvalue weighted by atomic mass is 10.1. The zero-order chi connectivity index (χ0) is 15.6. The van der Waals surface area contributed by atoms with Crippen molar-refractivity contribution in [2.45, 2.75) is 83.5 Å². The molecule has 3 N–H and O–H groups in total. The highest BCUT2D eigenvalue weighted by molar-refractivity contribution is 5.79. The largest absolute Gasteiger partial charge is 0.389 e. The molecule has 0 saturated carbocycles. The molecule has 21 heavy (non-hydrogen) atoms. The average molecular weight is 297 g/mol. The van der Waals surface area contributed by atoms with Crippen LogP contribution in [0.5, 0.6) is 0 Å².